The smallest absolute Gasteiger partial charge is 0.237 e. The highest BCUT2D eigenvalue weighted by atomic mass is 32.2. The molecular weight excluding hydrogens is 412 g/mol. The van der Waals surface area contributed by atoms with Crippen LogP contribution in [0.5, 0.6) is 0 Å². The molecule has 1 amide bonds. The summed E-state index contributed by atoms with van der Waals surface area (Å²) in [5.41, 5.74) is 4.49. The molecule has 5 aromatic rings. The number of imidazole rings is 1. The quantitative estimate of drug-likeness (QED) is 0.407. The summed E-state index contributed by atoms with van der Waals surface area (Å²) in [7, 11) is 0. The van der Waals surface area contributed by atoms with Gasteiger partial charge in [0.15, 0.2) is 11.0 Å². The van der Waals surface area contributed by atoms with Crippen LogP contribution in [0, 0.1) is 13.8 Å². The molecule has 0 saturated carbocycles. The molecule has 0 atom stereocenters. The minimum absolute atomic E-state index is 0.182. The van der Waals surface area contributed by atoms with Crippen molar-refractivity contribution in [3.05, 3.63) is 71.5 Å². The fraction of sp³-hybridized carbons (Fsp3) is 0.182. The topological polar surface area (TPSA) is 90.2 Å². The molecule has 9 heteroatoms. The van der Waals surface area contributed by atoms with Crippen LogP contribution in [0.1, 0.15) is 16.9 Å². The van der Waals surface area contributed by atoms with Crippen LogP contribution in [0.15, 0.2) is 64.3 Å². The first-order valence-electron chi connectivity index (χ1n) is 9.82. The van der Waals surface area contributed by atoms with Crippen LogP contribution in [0.25, 0.3) is 16.8 Å². The molecule has 156 valence electrons. The minimum atomic E-state index is -0.182. The molecule has 0 aliphatic carbocycles. The van der Waals surface area contributed by atoms with Crippen molar-refractivity contribution in [2.75, 3.05) is 11.1 Å². The van der Waals surface area contributed by atoms with Crippen molar-refractivity contribution in [2.24, 2.45) is 0 Å². The first-order chi connectivity index (χ1) is 15.1. The number of nitrogens with zero attached hydrogens (tertiary/aromatic N) is 5. The van der Waals surface area contributed by atoms with Gasteiger partial charge in [-0.15, -0.1) is 10.2 Å². The normalized spacial score (nSPS) is 11.4. The third kappa shape index (κ3) is 3.79. The van der Waals surface area contributed by atoms with Gasteiger partial charge in [0.25, 0.3) is 0 Å². The summed E-state index contributed by atoms with van der Waals surface area (Å²) in [5, 5.41) is 16.0. The average Bonchev–Trinajstić information content (AvgIpc) is 3.44. The van der Waals surface area contributed by atoms with Gasteiger partial charge >= 0.3 is 0 Å². The lowest BCUT2D eigenvalue weighted by molar-refractivity contribution is -0.113. The van der Waals surface area contributed by atoms with E-state index in [1.807, 2.05) is 22.6 Å². The number of carbonyl (C=O) groups is 1. The van der Waals surface area contributed by atoms with E-state index in [4.69, 9.17) is 4.52 Å². The number of rotatable bonds is 6. The van der Waals surface area contributed by atoms with Gasteiger partial charge in [-0.25, -0.2) is 0 Å². The van der Waals surface area contributed by atoms with Gasteiger partial charge in [0.05, 0.1) is 23.3 Å². The average molecular weight is 433 g/mol. The van der Waals surface area contributed by atoms with E-state index in [-0.39, 0.29) is 11.7 Å². The first kappa shape index (κ1) is 19.4. The highest BCUT2D eigenvalue weighted by Gasteiger charge is 2.18. The Morgan fingerprint density at radius 1 is 1.06 bits per heavy atom. The predicted molar refractivity (Wildman–Crippen MR) is 119 cm³/mol. The van der Waals surface area contributed by atoms with Crippen molar-refractivity contribution in [1.82, 2.24) is 24.3 Å². The van der Waals surface area contributed by atoms with Gasteiger partial charge in [-0.2, -0.15) is 0 Å². The van der Waals surface area contributed by atoms with Gasteiger partial charge in [0, 0.05) is 6.07 Å². The summed E-state index contributed by atoms with van der Waals surface area (Å²) < 4.78 is 9.13. The molecule has 2 aromatic carbocycles. The zero-order chi connectivity index (χ0) is 21.4. The van der Waals surface area contributed by atoms with Gasteiger partial charge in [-0.3, -0.25) is 9.20 Å². The molecule has 3 aromatic heterocycles. The molecule has 0 saturated heterocycles. The molecule has 0 aliphatic heterocycles. The molecule has 3 heterocycles. The summed E-state index contributed by atoms with van der Waals surface area (Å²) in [6, 6.07) is 18.3. The summed E-state index contributed by atoms with van der Waals surface area (Å²) in [4.78, 5) is 12.3. The zero-order valence-corrected chi connectivity index (χ0v) is 17.9. The lowest BCUT2D eigenvalue weighted by Gasteiger charge is -2.05. The number of amides is 1. The van der Waals surface area contributed by atoms with E-state index in [9.17, 15) is 4.79 Å². The number of para-hydroxylation sites is 2. The number of fused-ring (bicyclic) bond motifs is 3. The van der Waals surface area contributed by atoms with E-state index in [2.05, 4.69) is 62.5 Å². The third-order valence-corrected chi connectivity index (χ3v) is 5.89. The summed E-state index contributed by atoms with van der Waals surface area (Å²) >= 11 is 1.33. The SMILES string of the molecule is Cc1ccc(Cn2c3ccccc3n3c(SCC(=O)Nc4cc(C)on4)nnc23)cc1. The molecule has 0 radical (unpaired) electrons. The highest BCUT2D eigenvalue weighted by Crippen LogP contribution is 2.26. The standard InChI is InChI=1S/C22H20N6O2S/c1-14-7-9-16(10-8-14)12-27-17-5-3-4-6-18(17)28-21(27)24-25-22(28)31-13-20(29)23-19-11-15(2)30-26-19/h3-11H,12-13H2,1-2H3,(H,23,26,29). The minimum Gasteiger partial charge on any atom is -0.360 e. The van der Waals surface area contributed by atoms with Crippen LogP contribution in [-0.4, -0.2) is 36.0 Å². The molecule has 0 bridgehead atoms. The number of thioether (sulfide) groups is 1. The highest BCUT2D eigenvalue weighted by molar-refractivity contribution is 7.99. The maximum atomic E-state index is 12.3. The molecule has 1 N–H and O–H groups in total. The third-order valence-electron chi connectivity index (χ3n) is 4.96. The van der Waals surface area contributed by atoms with Crippen LogP contribution in [0.4, 0.5) is 5.82 Å². The summed E-state index contributed by atoms with van der Waals surface area (Å²) in [6.07, 6.45) is 0. The van der Waals surface area contributed by atoms with Crippen LogP contribution >= 0.6 is 11.8 Å². The van der Waals surface area contributed by atoms with E-state index < -0.39 is 0 Å². The van der Waals surface area contributed by atoms with Crippen molar-refractivity contribution in [3.8, 4) is 0 Å². The Morgan fingerprint density at radius 3 is 2.58 bits per heavy atom. The second-order valence-corrected chi connectivity index (χ2v) is 8.28. The van der Waals surface area contributed by atoms with Crippen molar-refractivity contribution in [3.63, 3.8) is 0 Å². The molecule has 5 rings (SSSR count). The van der Waals surface area contributed by atoms with Gasteiger partial charge in [-0.05, 0) is 31.5 Å². The zero-order valence-electron chi connectivity index (χ0n) is 17.1. The number of aryl methyl sites for hydroxylation is 2. The number of hydrogen-bond acceptors (Lipinski definition) is 6. The summed E-state index contributed by atoms with van der Waals surface area (Å²) in [6.45, 7) is 4.54. The number of hydrogen-bond donors (Lipinski definition) is 1. The molecular formula is C22H20N6O2S. The number of nitrogens with one attached hydrogen (secondary N) is 1. The van der Waals surface area contributed by atoms with E-state index >= 15 is 0 Å². The van der Waals surface area contributed by atoms with Crippen LogP contribution in [0.3, 0.4) is 0 Å². The van der Waals surface area contributed by atoms with Crippen LogP contribution < -0.4 is 5.32 Å². The lowest BCUT2D eigenvalue weighted by atomic mass is 10.1. The van der Waals surface area contributed by atoms with Gasteiger partial charge in [0.1, 0.15) is 5.76 Å². The second-order valence-electron chi connectivity index (χ2n) is 7.34. The monoisotopic (exact) mass is 432 g/mol. The molecule has 0 fully saturated rings. The van der Waals surface area contributed by atoms with Gasteiger partial charge in [0.2, 0.25) is 11.7 Å². The fourth-order valence-electron chi connectivity index (χ4n) is 3.50. The predicted octanol–water partition coefficient (Wildman–Crippen LogP) is 4.07. The largest absolute Gasteiger partial charge is 0.360 e. The number of carbonyl (C=O) groups excluding carboxylic acids is 1. The van der Waals surface area contributed by atoms with Crippen molar-refractivity contribution >= 4 is 40.3 Å². The van der Waals surface area contributed by atoms with E-state index in [0.717, 1.165) is 16.8 Å². The first-order valence-corrected chi connectivity index (χ1v) is 10.8. The van der Waals surface area contributed by atoms with Crippen molar-refractivity contribution in [1.29, 1.82) is 0 Å². The molecule has 31 heavy (non-hydrogen) atoms. The Bertz CT molecular complexity index is 1380. The van der Waals surface area contributed by atoms with Crippen LogP contribution in [0.2, 0.25) is 0 Å². The lowest BCUT2D eigenvalue weighted by Crippen LogP contribution is -2.14. The Hall–Kier alpha value is -3.59. The maximum Gasteiger partial charge on any atom is 0.237 e. The fourth-order valence-corrected chi connectivity index (χ4v) is 4.24. The van der Waals surface area contributed by atoms with E-state index in [1.54, 1.807) is 13.0 Å². The number of benzene rings is 2. The Balaban J connectivity index is 1.44. The molecule has 0 unspecified atom stereocenters. The van der Waals surface area contributed by atoms with Crippen molar-refractivity contribution in [2.45, 2.75) is 25.5 Å². The van der Waals surface area contributed by atoms with Crippen LogP contribution in [-0.2, 0) is 11.3 Å². The van der Waals surface area contributed by atoms with E-state index in [0.29, 0.717) is 23.3 Å². The Labute approximate surface area is 182 Å². The molecule has 8 nitrogen and oxygen atoms in total. The van der Waals surface area contributed by atoms with E-state index in [1.165, 1.54) is 22.9 Å². The van der Waals surface area contributed by atoms with Gasteiger partial charge < -0.3 is 14.4 Å². The van der Waals surface area contributed by atoms with Crippen molar-refractivity contribution < 1.29 is 9.32 Å². The summed E-state index contributed by atoms with van der Waals surface area (Å²) in [5.74, 6) is 1.80. The Morgan fingerprint density at radius 2 is 1.84 bits per heavy atom. The maximum absolute atomic E-state index is 12.3. The Kier molecular flexibility index (Phi) is 4.95. The number of anilines is 1. The van der Waals surface area contributed by atoms with Gasteiger partial charge in [-0.1, -0.05) is 58.9 Å². The second kappa shape index (κ2) is 7.92. The number of aromatic nitrogens is 5. The molecule has 0 aliphatic rings. The molecule has 0 spiro atoms.